The van der Waals surface area contributed by atoms with Crippen LogP contribution in [0.5, 0.6) is 0 Å². The number of aromatic nitrogens is 1. The average molecular weight is 297 g/mol. The number of nitrogens with zero attached hydrogens (tertiary/aromatic N) is 2. The molecule has 0 saturated carbocycles. The van der Waals surface area contributed by atoms with Crippen LogP contribution in [0.1, 0.15) is 24.5 Å². The normalized spacial score (nSPS) is 10.5. The van der Waals surface area contributed by atoms with Gasteiger partial charge < -0.3 is 10.2 Å². The number of hydrogen-bond acceptors (Lipinski definition) is 3. The highest BCUT2D eigenvalue weighted by Crippen LogP contribution is 2.16. The lowest BCUT2D eigenvalue weighted by Gasteiger charge is -2.21. The summed E-state index contributed by atoms with van der Waals surface area (Å²) in [7, 11) is 0. The molecule has 22 heavy (non-hydrogen) atoms. The van der Waals surface area contributed by atoms with Crippen LogP contribution in [0.15, 0.2) is 48.8 Å². The number of amides is 1. The molecule has 0 aliphatic rings. The van der Waals surface area contributed by atoms with Gasteiger partial charge in [-0.25, -0.2) is 0 Å². The van der Waals surface area contributed by atoms with Crippen LogP contribution in [0, 0.1) is 6.92 Å². The van der Waals surface area contributed by atoms with Gasteiger partial charge in [-0.3, -0.25) is 9.78 Å². The number of anilines is 1. The second-order valence-electron chi connectivity index (χ2n) is 5.27. The van der Waals surface area contributed by atoms with E-state index < -0.39 is 0 Å². The van der Waals surface area contributed by atoms with Gasteiger partial charge in [0, 0.05) is 44.1 Å². The van der Waals surface area contributed by atoms with Crippen LogP contribution in [0.4, 0.5) is 5.69 Å². The van der Waals surface area contributed by atoms with Crippen molar-refractivity contribution in [2.45, 2.75) is 26.8 Å². The Labute approximate surface area is 132 Å². The fraction of sp³-hybridized carbons (Fsp3) is 0.333. The maximum Gasteiger partial charge on any atom is 0.228 e. The van der Waals surface area contributed by atoms with E-state index in [1.807, 2.05) is 61.3 Å². The van der Waals surface area contributed by atoms with Crippen molar-refractivity contribution in [3.8, 4) is 0 Å². The lowest BCUT2D eigenvalue weighted by atomic mass is 10.2. The predicted molar refractivity (Wildman–Crippen MR) is 89.8 cm³/mol. The molecule has 2 aromatic rings. The van der Waals surface area contributed by atoms with Gasteiger partial charge in [-0.15, -0.1) is 0 Å². The van der Waals surface area contributed by atoms with Crippen LogP contribution in [-0.4, -0.2) is 24.0 Å². The fourth-order valence-electron chi connectivity index (χ4n) is 2.36. The molecule has 0 saturated heterocycles. The quantitative estimate of drug-likeness (QED) is 0.799. The third kappa shape index (κ3) is 4.67. The van der Waals surface area contributed by atoms with Crippen molar-refractivity contribution in [1.29, 1.82) is 0 Å². The molecule has 1 aromatic carbocycles. The van der Waals surface area contributed by atoms with Crippen molar-refractivity contribution in [2.75, 3.05) is 18.0 Å². The predicted octanol–water partition coefficient (Wildman–Crippen LogP) is 2.92. The van der Waals surface area contributed by atoms with Crippen LogP contribution < -0.4 is 10.2 Å². The zero-order valence-electron chi connectivity index (χ0n) is 13.2. The van der Waals surface area contributed by atoms with E-state index in [0.717, 1.165) is 17.8 Å². The van der Waals surface area contributed by atoms with E-state index in [4.69, 9.17) is 0 Å². The third-order valence-electron chi connectivity index (χ3n) is 3.50. The standard InChI is InChI=1S/C18H23N3O/c1-3-21(17-8-4-6-15(2)12-17)18(22)9-11-20-14-16-7-5-10-19-13-16/h4-8,10,12-13,20H,3,9,11,14H2,1-2H3. The molecule has 0 unspecified atom stereocenters. The Balaban J connectivity index is 1.82. The molecule has 1 aromatic heterocycles. The minimum atomic E-state index is 0.145. The first kappa shape index (κ1) is 16.2. The topological polar surface area (TPSA) is 45.2 Å². The molecule has 0 fully saturated rings. The molecule has 0 aliphatic heterocycles. The summed E-state index contributed by atoms with van der Waals surface area (Å²) in [5.41, 5.74) is 3.26. The van der Waals surface area contributed by atoms with E-state index >= 15 is 0 Å². The van der Waals surface area contributed by atoms with Crippen molar-refractivity contribution in [2.24, 2.45) is 0 Å². The maximum atomic E-state index is 12.4. The van der Waals surface area contributed by atoms with Crippen molar-refractivity contribution in [3.05, 3.63) is 59.9 Å². The highest BCUT2D eigenvalue weighted by atomic mass is 16.2. The number of nitrogens with one attached hydrogen (secondary N) is 1. The van der Waals surface area contributed by atoms with Crippen LogP contribution in [0.25, 0.3) is 0 Å². The Bertz CT molecular complexity index is 598. The van der Waals surface area contributed by atoms with Crippen LogP contribution >= 0.6 is 0 Å². The molecule has 0 atom stereocenters. The Hall–Kier alpha value is -2.20. The van der Waals surface area contributed by atoms with E-state index in [0.29, 0.717) is 19.5 Å². The molecule has 1 N–H and O–H groups in total. The lowest BCUT2D eigenvalue weighted by molar-refractivity contribution is -0.118. The van der Waals surface area contributed by atoms with Gasteiger partial charge in [0.05, 0.1) is 0 Å². The highest BCUT2D eigenvalue weighted by molar-refractivity contribution is 5.93. The molecule has 4 nitrogen and oxygen atoms in total. The lowest BCUT2D eigenvalue weighted by Crippen LogP contribution is -2.33. The minimum Gasteiger partial charge on any atom is -0.313 e. The Morgan fingerprint density at radius 1 is 1.27 bits per heavy atom. The largest absolute Gasteiger partial charge is 0.313 e. The van der Waals surface area contributed by atoms with Crippen molar-refractivity contribution < 1.29 is 4.79 Å². The second-order valence-corrected chi connectivity index (χ2v) is 5.27. The van der Waals surface area contributed by atoms with Gasteiger partial charge in [0.1, 0.15) is 0 Å². The maximum absolute atomic E-state index is 12.4. The highest BCUT2D eigenvalue weighted by Gasteiger charge is 2.13. The number of carbonyl (C=O) groups is 1. The molecule has 0 bridgehead atoms. The fourth-order valence-corrected chi connectivity index (χ4v) is 2.36. The summed E-state index contributed by atoms with van der Waals surface area (Å²) < 4.78 is 0. The van der Waals surface area contributed by atoms with Gasteiger partial charge in [-0.2, -0.15) is 0 Å². The number of carbonyl (C=O) groups excluding carboxylic acids is 1. The van der Waals surface area contributed by atoms with Crippen LogP contribution in [0.3, 0.4) is 0 Å². The van der Waals surface area contributed by atoms with Gasteiger partial charge >= 0.3 is 0 Å². The van der Waals surface area contributed by atoms with E-state index in [9.17, 15) is 4.79 Å². The molecule has 2 rings (SSSR count). The molecular weight excluding hydrogens is 274 g/mol. The Morgan fingerprint density at radius 3 is 2.82 bits per heavy atom. The Kier molecular flexibility index (Phi) is 6.10. The zero-order chi connectivity index (χ0) is 15.8. The van der Waals surface area contributed by atoms with Crippen molar-refractivity contribution >= 4 is 11.6 Å². The third-order valence-corrected chi connectivity index (χ3v) is 3.50. The van der Waals surface area contributed by atoms with Crippen LogP contribution in [0.2, 0.25) is 0 Å². The summed E-state index contributed by atoms with van der Waals surface area (Å²) in [6.45, 7) is 6.12. The monoisotopic (exact) mass is 297 g/mol. The summed E-state index contributed by atoms with van der Waals surface area (Å²) in [6, 6.07) is 12.0. The van der Waals surface area contributed by atoms with E-state index in [1.165, 1.54) is 5.56 Å². The summed E-state index contributed by atoms with van der Waals surface area (Å²) in [5, 5.41) is 3.29. The summed E-state index contributed by atoms with van der Waals surface area (Å²) in [6.07, 6.45) is 4.08. The number of pyridine rings is 1. The summed E-state index contributed by atoms with van der Waals surface area (Å²) >= 11 is 0. The summed E-state index contributed by atoms with van der Waals surface area (Å²) in [5.74, 6) is 0.145. The van der Waals surface area contributed by atoms with E-state index in [2.05, 4.69) is 10.3 Å². The van der Waals surface area contributed by atoms with Gasteiger partial charge in [-0.1, -0.05) is 18.2 Å². The van der Waals surface area contributed by atoms with Gasteiger partial charge in [-0.05, 0) is 43.2 Å². The average Bonchev–Trinajstić information content (AvgIpc) is 2.53. The van der Waals surface area contributed by atoms with Crippen molar-refractivity contribution in [1.82, 2.24) is 10.3 Å². The number of aryl methyl sites for hydroxylation is 1. The molecular formula is C18H23N3O. The van der Waals surface area contributed by atoms with Crippen LogP contribution in [-0.2, 0) is 11.3 Å². The smallest absolute Gasteiger partial charge is 0.228 e. The number of hydrogen-bond donors (Lipinski definition) is 1. The SMILES string of the molecule is CCN(C(=O)CCNCc1cccnc1)c1cccc(C)c1. The first-order valence-electron chi connectivity index (χ1n) is 7.67. The van der Waals surface area contributed by atoms with E-state index in [1.54, 1.807) is 6.20 Å². The first-order chi connectivity index (χ1) is 10.7. The molecule has 4 heteroatoms. The number of benzene rings is 1. The molecule has 1 heterocycles. The van der Waals surface area contributed by atoms with Gasteiger partial charge in [0.15, 0.2) is 0 Å². The second kappa shape index (κ2) is 8.29. The van der Waals surface area contributed by atoms with Gasteiger partial charge in [0.2, 0.25) is 5.91 Å². The molecule has 116 valence electrons. The first-order valence-corrected chi connectivity index (χ1v) is 7.67. The minimum absolute atomic E-state index is 0.145. The van der Waals surface area contributed by atoms with Gasteiger partial charge in [0.25, 0.3) is 0 Å². The Morgan fingerprint density at radius 2 is 2.14 bits per heavy atom. The molecule has 0 spiro atoms. The van der Waals surface area contributed by atoms with E-state index in [-0.39, 0.29) is 5.91 Å². The summed E-state index contributed by atoms with van der Waals surface area (Å²) in [4.78, 5) is 18.3. The van der Waals surface area contributed by atoms with Crippen molar-refractivity contribution in [3.63, 3.8) is 0 Å². The molecule has 1 amide bonds. The molecule has 0 radical (unpaired) electrons. The molecule has 0 aliphatic carbocycles. The zero-order valence-corrected chi connectivity index (χ0v) is 13.2. The number of rotatable bonds is 7.